The highest BCUT2D eigenvalue weighted by atomic mass is 79.9. The third-order valence-corrected chi connectivity index (χ3v) is 5.48. The van der Waals surface area contributed by atoms with E-state index in [1.54, 1.807) is 23.1 Å². The van der Waals surface area contributed by atoms with Crippen molar-refractivity contribution in [1.29, 1.82) is 0 Å². The second kappa shape index (κ2) is 7.59. The Kier molecular flexibility index (Phi) is 6.08. The SMILES string of the molecule is Cc1csc(Sc2ccc(CNCC(C)C)c(Br)c2)n1. The molecule has 108 valence electrons. The first-order valence-electron chi connectivity index (χ1n) is 6.63. The fraction of sp³-hybridized carbons (Fsp3) is 0.400. The monoisotopic (exact) mass is 370 g/mol. The number of hydrogen-bond acceptors (Lipinski definition) is 4. The van der Waals surface area contributed by atoms with E-state index in [0.717, 1.165) is 27.6 Å². The summed E-state index contributed by atoms with van der Waals surface area (Å²) in [5.41, 5.74) is 2.39. The van der Waals surface area contributed by atoms with Gasteiger partial charge in [0, 0.05) is 27.0 Å². The third kappa shape index (κ3) is 4.88. The molecule has 0 amide bonds. The first kappa shape index (κ1) is 16.0. The zero-order valence-corrected chi connectivity index (χ0v) is 15.2. The summed E-state index contributed by atoms with van der Waals surface area (Å²) < 4.78 is 2.26. The van der Waals surface area contributed by atoms with Crippen molar-refractivity contribution in [1.82, 2.24) is 10.3 Å². The summed E-state index contributed by atoms with van der Waals surface area (Å²) in [6.07, 6.45) is 0. The number of nitrogens with one attached hydrogen (secondary N) is 1. The van der Waals surface area contributed by atoms with Gasteiger partial charge < -0.3 is 5.32 Å². The van der Waals surface area contributed by atoms with E-state index in [4.69, 9.17) is 0 Å². The van der Waals surface area contributed by atoms with E-state index in [1.165, 1.54) is 10.5 Å². The summed E-state index contributed by atoms with van der Waals surface area (Å²) in [6, 6.07) is 6.52. The maximum atomic E-state index is 4.48. The lowest BCUT2D eigenvalue weighted by atomic mass is 10.2. The average Bonchev–Trinajstić information content (AvgIpc) is 2.77. The number of aromatic nitrogens is 1. The Morgan fingerprint density at radius 3 is 2.80 bits per heavy atom. The molecule has 0 fully saturated rings. The fourth-order valence-corrected chi connectivity index (χ4v) is 4.23. The minimum Gasteiger partial charge on any atom is -0.312 e. The van der Waals surface area contributed by atoms with Crippen LogP contribution in [0.2, 0.25) is 0 Å². The Morgan fingerprint density at radius 1 is 1.40 bits per heavy atom. The van der Waals surface area contributed by atoms with Crippen LogP contribution in [0.3, 0.4) is 0 Å². The first-order chi connectivity index (χ1) is 9.54. The van der Waals surface area contributed by atoms with Gasteiger partial charge in [0.1, 0.15) is 0 Å². The van der Waals surface area contributed by atoms with Crippen molar-refractivity contribution in [2.45, 2.75) is 36.6 Å². The predicted molar refractivity (Wildman–Crippen MR) is 91.7 cm³/mol. The molecule has 1 aromatic heterocycles. The van der Waals surface area contributed by atoms with Crippen LogP contribution in [-0.4, -0.2) is 11.5 Å². The van der Waals surface area contributed by atoms with Crippen molar-refractivity contribution in [3.8, 4) is 0 Å². The van der Waals surface area contributed by atoms with Crippen molar-refractivity contribution in [2.24, 2.45) is 5.92 Å². The van der Waals surface area contributed by atoms with Crippen LogP contribution >= 0.6 is 39.0 Å². The maximum Gasteiger partial charge on any atom is 0.154 e. The Labute approximate surface area is 137 Å². The number of rotatable bonds is 6. The molecule has 2 rings (SSSR count). The van der Waals surface area contributed by atoms with Gasteiger partial charge in [0.05, 0.1) is 0 Å². The van der Waals surface area contributed by atoms with E-state index in [-0.39, 0.29) is 0 Å². The van der Waals surface area contributed by atoms with Gasteiger partial charge in [-0.25, -0.2) is 4.98 Å². The van der Waals surface area contributed by atoms with Crippen LogP contribution in [0.1, 0.15) is 25.1 Å². The summed E-state index contributed by atoms with van der Waals surface area (Å²) in [6.45, 7) is 8.41. The number of hydrogen-bond donors (Lipinski definition) is 1. The van der Waals surface area contributed by atoms with E-state index in [0.29, 0.717) is 5.92 Å². The van der Waals surface area contributed by atoms with Crippen LogP contribution < -0.4 is 5.32 Å². The second-order valence-electron chi connectivity index (χ2n) is 5.13. The van der Waals surface area contributed by atoms with Crippen molar-refractivity contribution < 1.29 is 0 Å². The topological polar surface area (TPSA) is 24.9 Å². The highest BCUT2D eigenvalue weighted by Gasteiger charge is 2.05. The standard InChI is InChI=1S/C15H19BrN2S2/c1-10(2)7-17-8-12-4-5-13(6-14(12)16)20-15-18-11(3)9-19-15/h4-6,9-10,17H,7-8H2,1-3H3. The van der Waals surface area contributed by atoms with E-state index in [2.05, 4.69) is 63.7 Å². The number of benzene rings is 1. The molecule has 0 bridgehead atoms. The summed E-state index contributed by atoms with van der Waals surface area (Å²) >= 11 is 7.08. The first-order valence-corrected chi connectivity index (χ1v) is 9.12. The summed E-state index contributed by atoms with van der Waals surface area (Å²) in [7, 11) is 0. The normalized spacial score (nSPS) is 11.2. The predicted octanol–water partition coefficient (Wildman–Crippen LogP) is 5.11. The maximum absolute atomic E-state index is 4.48. The third-order valence-electron chi connectivity index (χ3n) is 2.70. The molecule has 0 aliphatic rings. The zero-order chi connectivity index (χ0) is 14.5. The smallest absolute Gasteiger partial charge is 0.154 e. The lowest BCUT2D eigenvalue weighted by molar-refractivity contribution is 0.551. The van der Waals surface area contributed by atoms with Crippen LogP contribution in [0.25, 0.3) is 0 Å². The van der Waals surface area contributed by atoms with Crippen molar-refractivity contribution in [3.05, 3.63) is 39.3 Å². The summed E-state index contributed by atoms with van der Waals surface area (Å²) in [4.78, 5) is 5.70. The number of aryl methyl sites for hydroxylation is 1. The van der Waals surface area contributed by atoms with Crippen molar-refractivity contribution >= 4 is 39.0 Å². The second-order valence-corrected chi connectivity index (χ2v) is 8.17. The number of halogens is 1. The molecule has 0 saturated heterocycles. The zero-order valence-electron chi connectivity index (χ0n) is 11.9. The molecule has 20 heavy (non-hydrogen) atoms. The molecule has 1 aromatic carbocycles. The lowest BCUT2D eigenvalue weighted by Gasteiger charge is -2.10. The Bertz CT molecular complexity index is 567. The van der Waals surface area contributed by atoms with Crippen LogP contribution in [0.15, 0.2) is 37.3 Å². The number of nitrogens with zero attached hydrogens (tertiary/aromatic N) is 1. The quantitative estimate of drug-likeness (QED) is 0.764. The average molecular weight is 371 g/mol. The Morgan fingerprint density at radius 2 is 2.20 bits per heavy atom. The van der Waals surface area contributed by atoms with Gasteiger partial charge in [0.2, 0.25) is 0 Å². The molecule has 0 atom stereocenters. The molecule has 0 radical (unpaired) electrons. The highest BCUT2D eigenvalue weighted by molar-refractivity contribution is 9.10. The van der Waals surface area contributed by atoms with E-state index < -0.39 is 0 Å². The molecule has 2 nitrogen and oxygen atoms in total. The molecular formula is C15H19BrN2S2. The van der Waals surface area contributed by atoms with Gasteiger partial charge in [0.25, 0.3) is 0 Å². The largest absolute Gasteiger partial charge is 0.312 e. The van der Waals surface area contributed by atoms with Crippen LogP contribution in [0.4, 0.5) is 0 Å². The molecule has 0 saturated carbocycles. The molecule has 0 aliphatic heterocycles. The van der Waals surface area contributed by atoms with Crippen LogP contribution in [0.5, 0.6) is 0 Å². The molecule has 5 heteroatoms. The van der Waals surface area contributed by atoms with Gasteiger partial charge in [0.15, 0.2) is 4.34 Å². The van der Waals surface area contributed by atoms with Crippen molar-refractivity contribution in [2.75, 3.05) is 6.54 Å². The van der Waals surface area contributed by atoms with Crippen LogP contribution in [-0.2, 0) is 6.54 Å². The minimum absolute atomic E-state index is 0.678. The minimum atomic E-state index is 0.678. The molecular weight excluding hydrogens is 352 g/mol. The molecule has 1 heterocycles. The van der Waals surface area contributed by atoms with Gasteiger partial charge in [-0.15, -0.1) is 11.3 Å². The van der Waals surface area contributed by atoms with Crippen LogP contribution in [0, 0.1) is 12.8 Å². The highest BCUT2D eigenvalue weighted by Crippen LogP contribution is 2.32. The van der Waals surface area contributed by atoms with E-state index in [1.807, 2.05) is 6.92 Å². The molecule has 0 spiro atoms. The lowest BCUT2D eigenvalue weighted by Crippen LogP contribution is -2.19. The van der Waals surface area contributed by atoms with Gasteiger partial charge >= 0.3 is 0 Å². The molecule has 0 aliphatic carbocycles. The van der Waals surface area contributed by atoms with Gasteiger partial charge in [-0.3, -0.25) is 0 Å². The fourth-order valence-electron chi connectivity index (χ4n) is 1.71. The Balaban J connectivity index is 1.98. The molecule has 2 aromatic rings. The van der Waals surface area contributed by atoms with E-state index >= 15 is 0 Å². The van der Waals surface area contributed by atoms with E-state index in [9.17, 15) is 0 Å². The molecule has 1 N–H and O–H groups in total. The van der Waals surface area contributed by atoms with Gasteiger partial charge in [-0.2, -0.15) is 0 Å². The Hall–Kier alpha value is -0.360. The molecule has 0 unspecified atom stereocenters. The summed E-state index contributed by atoms with van der Waals surface area (Å²) in [5, 5.41) is 5.55. The van der Waals surface area contributed by atoms with Crippen molar-refractivity contribution in [3.63, 3.8) is 0 Å². The number of thiazole rings is 1. The van der Waals surface area contributed by atoms with Gasteiger partial charge in [-0.1, -0.05) is 47.6 Å². The van der Waals surface area contributed by atoms with Gasteiger partial charge in [-0.05, 0) is 37.1 Å². The summed E-state index contributed by atoms with van der Waals surface area (Å²) in [5.74, 6) is 0.678.